The van der Waals surface area contributed by atoms with Crippen LogP contribution >= 0.6 is 11.6 Å². The van der Waals surface area contributed by atoms with Gasteiger partial charge in [0.2, 0.25) is 5.91 Å². The number of ether oxygens (including phenoxy) is 1. The number of piperidine rings is 1. The highest BCUT2D eigenvalue weighted by atomic mass is 35.5. The molecule has 0 aromatic heterocycles. The van der Waals surface area contributed by atoms with Gasteiger partial charge in [0, 0.05) is 31.2 Å². The standard InChI is InChI=1S/C29H32ClFN2O2/c1-20-15-22(9-12-28(20)31)24-16-25(19-33(18-24)17-23-5-3-4-6-27(23)30)29(34)32-14-13-21-7-10-26(35-2)11-8-21/h3-12,15,24-25H,13-14,16-19H2,1-2H3,(H,32,34). The molecule has 1 fully saturated rings. The second kappa shape index (κ2) is 11.7. The first kappa shape index (κ1) is 25.2. The number of amides is 1. The Bertz CT molecular complexity index is 1150. The normalized spacial score (nSPS) is 18.3. The molecule has 0 spiro atoms. The summed E-state index contributed by atoms with van der Waals surface area (Å²) in [6.07, 6.45) is 1.49. The van der Waals surface area contributed by atoms with Crippen LogP contribution < -0.4 is 10.1 Å². The van der Waals surface area contributed by atoms with E-state index in [9.17, 15) is 9.18 Å². The van der Waals surface area contributed by atoms with E-state index < -0.39 is 0 Å². The fourth-order valence-corrected chi connectivity index (χ4v) is 5.00. The Morgan fingerprint density at radius 2 is 1.89 bits per heavy atom. The molecule has 1 heterocycles. The first-order valence-corrected chi connectivity index (χ1v) is 12.4. The first-order valence-electron chi connectivity index (χ1n) is 12.1. The van der Waals surface area contributed by atoms with Crippen molar-refractivity contribution in [3.05, 3.63) is 99.8 Å². The van der Waals surface area contributed by atoms with E-state index in [1.165, 1.54) is 6.07 Å². The molecule has 4 rings (SSSR count). The average molecular weight is 495 g/mol. The lowest BCUT2D eigenvalue weighted by atomic mass is 9.83. The zero-order valence-electron chi connectivity index (χ0n) is 20.3. The topological polar surface area (TPSA) is 41.6 Å². The van der Waals surface area contributed by atoms with E-state index in [1.54, 1.807) is 14.0 Å². The highest BCUT2D eigenvalue weighted by Gasteiger charge is 2.32. The van der Waals surface area contributed by atoms with Crippen molar-refractivity contribution < 1.29 is 13.9 Å². The van der Waals surface area contributed by atoms with Gasteiger partial charge in [-0.15, -0.1) is 0 Å². The Balaban J connectivity index is 1.44. The third-order valence-electron chi connectivity index (χ3n) is 6.77. The molecule has 2 atom stereocenters. The summed E-state index contributed by atoms with van der Waals surface area (Å²) in [5, 5.41) is 3.86. The van der Waals surface area contributed by atoms with Crippen molar-refractivity contribution in [3.8, 4) is 5.75 Å². The monoisotopic (exact) mass is 494 g/mol. The van der Waals surface area contributed by atoms with Gasteiger partial charge in [0.05, 0.1) is 13.0 Å². The van der Waals surface area contributed by atoms with Crippen molar-refractivity contribution in [1.82, 2.24) is 10.2 Å². The summed E-state index contributed by atoms with van der Waals surface area (Å²) in [7, 11) is 1.65. The molecule has 184 valence electrons. The number of likely N-dealkylation sites (tertiary alicyclic amines) is 1. The third kappa shape index (κ3) is 6.62. The molecular weight excluding hydrogens is 463 g/mol. The van der Waals surface area contributed by atoms with Crippen LogP contribution in [0, 0.1) is 18.7 Å². The number of hydrogen-bond donors (Lipinski definition) is 1. The minimum atomic E-state index is -0.203. The van der Waals surface area contributed by atoms with Crippen LogP contribution in [0.5, 0.6) is 5.75 Å². The van der Waals surface area contributed by atoms with Crippen molar-refractivity contribution in [1.29, 1.82) is 0 Å². The van der Waals surface area contributed by atoms with Gasteiger partial charge >= 0.3 is 0 Å². The smallest absolute Gasteiger partial charge is 0.224 e. The van der Waals surface area contributed by atoms with Gasteiger partial charge in [0.25, 0.3) is 0 Å². The fourth-order valence-electron chi connectivity index (χ4n) is 4.81. The van der Waals surface area contributed by atoms with Crippen LogP contribution in [0.3, 0.4) is 0 Å². The molecule has 3 aromatic carbocycles. The number of aryl methyl sites for hydroxylation is 1. The Kier molecular flexibility index (Phi) is 8.42. The summed E-state index contributed by atoms with van der Waals surface area (Å²) in [4.78, 5) is 15.5. The SMILES string of the molecule is COc1ccc(CCNC(=O)C2CC(c3ccc(F)c(C)c3)CN(Cc3ccccc3Cl)C2)cc1. The minimum Gasteiger partial charge on any atom is -0.497 e. The van der Waals surface area contributed by atoms with Crippen molar-refractivity contribution in [3.63, 3.8) is 0 Å². The van der Waals surface area contributed by atoms with Crippen molar-refractivity contribution >= 4 is 17.5 Å². The van der Waals surface area contributed by atoms with Crippen molar-refractivity contribution in [2.45, 2.75) is 32.2 Å². The lowest BCUT2D eigenvalue weighted by Gasteiger charge is -2.37. The lowest BCUT2D eigenvalue weighted by Crippen LogP contribution is -2.45. The van der Waals surface area contributed by atoms with E-state index >= 15 is 0 Å². The number of methoxy groups -OCH3 is 1. The summed E-state index contributed by atoms with van der Waals surface area (Å²) < 4.78 is 19.1. The van der Waals surface area contributed by atoms with Gasteiger partial charge in [-0.05, 0) is 72.2 Å². The van der Waals surface area contributed by atoms with E-state index in [1.807, 2.05) is 60.7 Å². The van der Waals surface area contributed by atoms with Gasteiger partial charge < -0.3 is 10.1 Å². The van der Waals surface area contributed by atoms with Crippen LogP contribution in [-0.2, 0) is 17.8 Å². The summed E-state index contributed by atoms with van der Waals surface area (Å²) in [5.41, 5.74) is 3.90. The summed E-state index contributed by atoms with van der Waals surface area (Å²) in [6.45, 7) is 4.49. The predicted molar refractivity (Wildman–Crippen MR) is 138 cm³/mol. The fraction of sp³-hybridized carbons (Fsp3) is 0.345. The van der Waals surface area contributed by atoms with Crippen molar-refractivity contribution in [2.24, 2.45) is 5.92 Å². The Morgan fingerprint density at radius 1 is 1.11 bits per heavy atom. The molecule has 1 aliphatic heterocycles. The maximum atomic E-state index is 13.9. The molecule has 6 heteroatoms. The van der Waals surface area contributed by atoms with Crippen LogP contribution in [-0.4, -0.2) is 37.6 Å². The Morgan fingerprint density at radius 3 is 2.60 bits per heavy atom. The van der Waals surface area contributed by atoms with Gasteiger partial charge in [-0.25, -0.2) is 4.39 Å². The molecule has 4 nitrogen and oxygen atoms in total. The van der Waals surface area contributed by atoms with Gasteiger partial charge in [-0.2, -0.15) is 0 Å². The van der Waals surface area contributed by atoms with Gasteiger partial charge in [-0.3, -0.25) is 9.69 Å². The van der Waals surface area contributed by atoms with Crippen molar-refractivity contribution in [2.75, 3.05) is 26.7 Å². The highest BCUT2D eigenvalue weighted by Crippen LogP contribution is 2.33. The largest absolute Gasteiger partial charge is 0.497 e. The van der Waals surface area contributed by atoms with Crippen LogP contribution in [0.25, 0.3) is 0 Å². The molecule has 1 saturated heterocycles. The molecule has 0 saturated carbocycles. The molecule has 0 radical (unpaired) electrons. The Labute approximate surface area is 212 Å². The van der Waals surface area contributed by atoms with Crippen LogP contribution in [0.15, 0.2) is 66.7 Å². The molecule has 3 aromatic rings. The van der Waals surface area contributed by atoms with Gasteiger partial charge in [0.1, 0.15) is 11.6 Å². The number of carbonyl (C=O) groups is 1. The third-order valence-corrected chi connectivity index (χ3v) is 7.14. The van der Waals surface area contributed by atoms with E-state index in [2.05, 4.69) is 10.2 Å². The quantitative estimate of drug-likeness (QED) is 0.433. The van der Waals surface area contributed by atoms with Crippen LogP contribution in [0.4, 0.5) is 4.39 Å². The number of rotatable bonds is 8. The van der Waals surface area contributed by atoms with E-state index in [0.717, 1.165) is 46.8 Å². The predicted octanol–water partition coefficient (Wildman–Crippen LogP) is 5.76. The molecule has 1 amide bonds. The van der Waals surface area contributed by atoms with Crippen LogP contribution in [0.2, 0.25) is 5.02 Å². The zero-order valence-corrected chi connectivity index (χ0v) is 21.0. The van der Waals surface area contributed by atoms with E-state index in [0.29, 0.717) is 25.2 Å². The number of benzene rings is 3. The molecular formula is C29H32ClFN2O2. The summed E-state index contributed by atoms with van der Waals surface area (Å²) >= 11 is 6.42. The second-order valence-electron chi connectivity index (χ2n) is 9.31. The van der Waals surface area contributed by atoms with E-state index in [4.69, 9.17) is 16.3 Å². The first-order chi connectivity index (χ1) is 16.9. The van der Waals surface area contributed by atoms with Gasteiger partial charge in [0.15, 0.2) is 0 Å². The minimum absolute atomic E-state index is 0.0613. The zero-order chi connectivity index (χ0) is 24.8. The number of carbonyl (C=O) groups excluding carboxylic acids is 1. The number of hydrogen-bond acceptors (Lipinski definition) is 3. The summed E-state index contributed by atoms with van der Waals surface area (Å²) in [5.74, 6) is 0.664. The maximum Gasteiger partial charge on any atom is 0.224 e. The molecule has 0 bridgehead atoms. The molecule has 0 aliphatic carbocycles. The molecule has 35 heavy (non-hydrogen) atoms. The summed E-state index contributed by atoms with van der Waals surface area (Å²) in [6, 6.07) is 21.0. The number of halogens is 2. The van der Waals surface area contributed by atoms with Crippen LogP contribution in [0.1, 0.15) is 34.6 Å². The molecule has 1 N–H and O–H groups in total. The Hall–Kier alpha value is -2.89. The average Bonchev–Trinajstić information content (AvgIpc) is 2.87. The second-order valence-corrected chi connectivity index (χ2v) is 9.72. The van der Waals surface area contributed by atoms with E-state index in [-0.39, 0.29) is 23.6 Å². The van der Waals surface area contributed by atoms with Gasteiger partial charge in [-0.1, -0.05) is 54.1 Å². The number of nitrogens with zero attached hydrogens (tertiary/aromatic N) is 1. The number of nitrogens with one attached hydrogen (secondary N) is 1. The highest BCUT2D eigenvalue weighted by molar-refractivity contribution is 6.31. The lowest BCUT2D eigenvalue weighted by molar-refractivity contribution is -0.127. The molecule has 2 unspecified atom stereocenters. The molecule has 1 aliphatic rings. The maximum absolute atomic E-state index is 13.9.